The van der Waals surface area contributed by atoms with Crippen molar-refractivity contribution in [2.24, 2.45) is 5.92 Å². The quantitative estimate of drug-likeness (QED) is 0.412. The molecule has 0 saturated carbocycles. The minimum atomic E-state index is -0.596. The fourth-order valence-electron chi connectivity index (χ4n) is 3.35. The number of hydrogen-bond donors (Lipinski definition) is 0. The van der Waals surface area contributed by atoms with Gasteiger partial charge in [0.2, 0.25) is 0 Å². The fourth-order valence-corrected chi connectivity index (χ4v) is 3.91. The molecule has 0 aliphatic heterocycles. The lowest BCUT2D eigenvalue weighted by molar-refractivity contribution is 0.0599. The average molecular weight is 508 g/mol. The molecule has 0 amide bonds. The van der Waals surface area contributed by atoms with Gasteiger partial charge in [0.1, 0.15) is 0 Å². The van der Waals surface area contributed by atoms with Crippen molar-refractivity contribution in [1.82, 2.24) is 4.98 Å². The van der Waals surface area contributed by atoms with Crippen LogP contribution in [0.2, 0.25) is 0 Å². The van der Waals surface area contributed by atoms with E-state index < -0.39 is 11.9 Å². The van der Waals surface area contributed by atoms with E-state index in [1.165, 1.54) is 14.2 Å². The van der Waals surface area contributed by atoms with Crippen molar-refractivity contribution in [2.75, 3.05) is 27.4 Å². The summed E-state index contributed by atoms with van der Waals surface area (Å²) in [4.78, 5) is 29.8. The maximum Gasteiger partial charge on any atom is 0.340 e. The largest absolute Gasteiger partial charge is 0.490 e. The zero-order valence-electron chi connectivity index (χ0n) is 19.6. The number of pyridine rings is 1. The Labute approximate surface area is 197 Å². The summed E-state index contributed by atoms with van der Waals surface area (Å²) >= 11 is 3.57. The van der Waals surface area contributed by atoms with Gasteiger partial charge in [-0.2, -0.15) is 0 Å². The highest BCUT2D eigenvalue weighted by molar-refractivity contribution is 9.10. The van der Waals surface area contributed by atoms with Gasteiger partial charge < -0.3 is 18.9 Å². The van der Waals surface area contributed by atoms with Crippen LogP contribution in [0, 0.1) is 19.8 Å². The van der Waals surface area contributed by atoms with Crippen LogP contribution in [-0.2, 0) is 9.47 Å². The molecule has 1 aromatic heterocycles. The number of methoxy groups -OCH3 is 2. The molecule has 1 heterocycles. The van der Waals surface area contributed by atoms with Crippen molar-refractivity contribution in [1.29, 1.82) is 0 Å². The average Bonchev–Trinajstić information content (AvgIpc) is 2.73. The molecule has 0 saturated heterocycles. The Morgan fingerprint density at radius 1 is 1.00 bits per heavy atom. The second-order valence-electron chi connectivity index (χ2n) is 7.64. The number of carbonyl (C=O) groups is 2. The van der Waals surface area contributed by atoms with Crippen molar-refractivity contribution < 1.29 is 28.5 Å². The van der Waals surface area contributed by atoms with Gasteiger partial charge in [-0.15, -0.1) is 0 Å². The van der Waals surface area contributed by atoms with Gasteiger partial charge >= 0.3 is 11.9 Å². The van der Waals surface area contributed by atoms with Gasteiger partial charge in [-0.25, -0.2) is 9.59 Å². The summed E-state index contributed by atoms with van der Waals surface area (Å²) < 4.78 is 22.5. The van der Waals surface area contributed by atoms with E-state index in [9.17, 15) is 9.59 Å². The molecule has 1 aromatic carbocycles. The number of esters is 2. The minimum Gasteiger partial charge on any atom is -0.490 e. The molecule has 0 unspecified atom stereocenters. The highest BCUT2D eigenvalue weighted by Gasteiger charge is 2.28. The topological polar surface area (TPSA) is 84.0 Å². The lowest BCUT2D eigenvalue weighted by Crippen LogP contribution is -2.16. The Kier molecular flexibility index (Phi) is 9.07. The third-order valence-corrected chi connectivity index (χ3v) is 5.47. The van der Waals surface area contributed by atoms with Crippen LogP contribution in [0.4, 0.5) is 0 Å². The van der Waals surface area contributed by atoms with Gasteiger partial charge in [-0.05, 0) is 66.7 Å². The zero-order chi connectivity index (χ0) is 24.0. The van der Waals surface area contributed by atoms with Crippen LogP contribution in [0.25, 0.3) is 11.1 Å². The molecule has 0 N–H and O–H groups in total. The highest BCUT2D eigenvalue weighted by atomic mass is 79.9. The predicted octanol–water partition coefficient (Wildman–Crippen LogP) is 5.52. The number of aryl methyl sites for hydroxylation is 2. The van der Waals surface area contributed by atoms with E-state index in [0.29, 0.717) is 57.6 Å². The summed E-state index contributed by atoms with van der Waals surface area (Å²) in [5, 5.41) is 0. The van der Waals surface area contributed by atoms with Gasteiger partial charge in [-0.1, -0.05) is 13.8 Å². The number of aromatic nitrogens is 1. The summed E-state index contributed by atoms with van der Waals surface area (Å²) in [6.07, 6.45) is 0.890. The van der Waals surface area contributed by atoms with Crippen molar-refractivity contribution in [3.05, 3.63) is 39.1 Å². The maximum atomic E-state index is 12.7. The van der Waals surface area contributed by atoms with E-state index in [-0.39, 0.29) is 11.1 Å². The van der Waals surface area contributed by atoms with Crippen molar-refractivity contribution in [3.63, 3.8) is 0 Å². The summed E-state index contributed by atoms with van der Waals surface area (Å²) in [6, 6.07) is 3.55. The Hall–Kier alpha value is -2.61. The van der Waals surface area contributed by atoms with Gasteiger partial charge in [-0.3, -0.25) is 4.98 Å². The molecule has 0 aliphatic rings. The number of carbonyl (C=O) groups excluding carboxylic acids is 2. The summed E-state index contributed by atoms with van der Waals surface area (Å²) in [5.74, 6) is 0.372. The van der Waals surface area contributed by atoms with E-state index in [4.69, 9.17) is 18.9 Å². The number of hydrogen-bond acceptors (Lipinski definition) is 7. The van der Waals surface area contributed by atoms with Crippen molar-refractivity contribution >= 4 is 27.9 Å². The molecule has 2 aromatic rings. The molecule has 0 atom stereocenters. The van der Waals surface area contributed by atoms with Crippen molar-refractivity contribution in [3.8, 4) is 22.6 Å². The first-order valence-corrected chi connectivity index (χ1v) is 11.2. The van der Waals surface area contributed by atoms with Crippen LogP contribution in [0.3, 0.4) is 0 Å². The molecule has 32 heavy (non-hydrogen) atoms. The fraction of sp³-hybridized carbons (Fsp3) is 0.458. The van der Waals surface area contributed by atoms with Gasteiger partial charge in [0, 0.05) is 5.56 Å². The Balaban J connectivity index is 2.80. The third kappa shape index (κ3) is 5.59. The maximum absolute atomic E-state index is 12.7. The second-order valence-corrected chi connectivity index (χ2v) is 8.49. The summed E-state index contributed by atoms with van der Waals surface area (Å²) in [5.41, 5.74) is 2.24. The van der Waals surface area contributed by atoms with E-state index in [1.54, 1.807) is 26.0 Å². The number of rotatable bonds is 9. The number of nitrogens with zero attached hydrogens (tertiary/aromatic N) is 1. The Morgan fingerprint density at radius 3 is 2.03 bits per heavy atom. The van der Waals surface area contributed by atoms with Crippen LogP contribution >= 0.6 is 15.9 Å². The molecule has 0 radical (unpaired) electrons. The summed E-state index contributed by atoms with van der Waals surface area (Å²) in [6.45, 7) is 10.5. The van der Waals surface area contributed by atoms with Crippen LogP contribution in [-0.4, -0.2) is 44.4 Å². The standard InChI is InChI=1S/C24H30BrNO6/c1-8-31-18-12-16(11-17(25)22(18)32-10-9-13(2)3)21-19(23(27)29-6)14(4)26-15(5)20(21)24(28)30-7/h11-13H,8-10H2,1-7H3. The monoisotopic (exact) mass is 507 g/mol. The first-order chi connectivity index (χ1) is 15.2. The SMILES string of the molecule is CCOc1cc(-c2c(C(=O)OC)c(C)nc(C)c2C(=O)OC)cc(Br)c1OCCC(C)C. The Bertz CT molecular complexity index is 962. The number of benzene rings is 1. The van der Waals surface area contributed by atoms with E-state index in [1.807, 2.05) is 6.92 Å². The highest BCUT2D eigenvalue weighted by Crippen LogP contribution is 2.42. The minimum absolute atomic E-state index is 0.196. The molecular formula is C24H30BrNO6. The smallest absolute Gasteiger partial charge is 0.340 e. The normalized spacial score (nSPS) is 10.8. The molecule has 8 heteroatoms. The lowest BCUT2D eigenvalue weighted by Gasteiger charge is -2.20. The van der Waals surface area contributed by atoms with Crippen LogP contribution in [0.15, 0.2) is 16.6 Å². The lowest BCUT2D eigenvalue weighted by atomic mass is 9.92. The predicted molar refractivity (Wildman–Crippen MR) is 126 cm³/mol. The van der Waals surface area contributed by atoms with Gasteiger partial charge in [0.25, 0.3) is 0 Å². The zero-order valence-corrected chi connectivity index (χ0v) is 21.2. The van der Waals surface area contributed by atoms with Crippen molar-refractivity contribution in [2.45, 2.75) is 41.0 Å². The number of halogens is 1. The number of ether oxygens (including phenoxy) is 4. The van der Waals surface area contributed by atoms with Crippen LogP contribution in [0.1, 0.15) is 59.3 Å². The second kappa shape index (κ2) is 11.3. The Morgan fingerprint density at radius 2 is 1.56 bits per heavy atom. The molecule has 7 nitrogen and oxygen atoms in total. The molecule has 0 fully saturated rings. The molecule has 2 rings (SSSR count). The first-order valence-electron chi connectivity index (χ1n) is 10.4. The van der Waals surface area contributed by atoms with E-state index in [0.717, 1.165) is 6.42 Å². The van der Waals surface area contributed by atoms with Crippen LogP contribution in [0.5, 0.6) is 11.5 Å². The van der Waals surface area contributed by atoms with E-state index in [2.05, 4.69) is 34.8 Å². The first kappa shape index (κ1) is 25.6. The van der Waals surface area contributed by atoms with Gasteiger partial charge in [0.05, 0.1) is 54.4 Å². The van der Waals surface area contributed by atoms with Gasteiger partial charge in [0.15, 0.2) is 11.5 Å². The third-order valence-electron chi connectivity index (χ3n) is 4.88. The molecule has 174 valence electrons. The molecule has 0 spiro atoms. The summed E-state index contributed by atoms with van der Waals surface area (Å²) in [7, 11) is 2.58. The molecule has 0 aliphatic carbocycles. The molecular weight excluding hydrogens is 478 g/mol. The van der Waals surface area contributed by atoms with E-state index >= 15 is 0 Å². The van der Waals surface area contributed by atoms with Crippen LogP contribution < -0.4 is 9.47 Å². The molecule has 0 bridgehead atoms.